The van der Waals surface area contributed by atoms with Gasteiger partial charge in [0.1, 0.15) is 5.82 Å². The lowest BCUT2D eigenvalue weighted by Gasteiger charge is -2.27. The Bertz CT molecular complexity index is 522. The number of carbonyl (C=O) groups excluding carboxylic acids is 1. The van der Waals surface area contributed by atoms with Crippen LogP contribution >= 0.6 is 0 Å². The standard InChI is InChI=1S/C15H26N6O3/c1-2-23-9-10-24-8-5-18-14(22)12-11-19-15(20-13(12)16)21-6-3-17-4-7-21/h11,17H,2-10H2,1H3,(H,18,22)(H2,16,19,20). The molecule has 24 heavy (non-hydrogen) atoms. The zero-order chi connectivity index (χ0) is 17.2. The summed E-state index contributed by atoms with van der Waals surface area (Å²) in [4.78, 5) is 22.7. The fourth-order valence-corrected chi connectivity index (χ4v) is 2.27. The molecule has 1 amide bonds. The van der Waals surface area contributed by atoms with Gasteiger partial charge in [0.2, 0.25) is 5.95 Å². The summed E-state index contributed by atoms with van der Waals surface area (Å²) in [6.07, 6.45) is 1.48. The number of anilines is 2. The molecule has 0 unspecified atom stereocenters. The fraction of sp³-hybridized carbons (Fsp3) is 0.667. The Morgan fingerprint density at radius 2 is 2.08 bits per heavy atom. The molecule has 134 valence electrons. The van der Waals surface area contributed by atoms with Crippen molar-refractivity contribution in [1.82, 2.24) is 20.6 Å². The highest BCUT2D eigenvalue weighted by atomic mass is 16.5. The molecule has 1 saturated heterocycles. The van der Waals surface area contributed by atoms with Gasteiger partial charge in [-0.05, 0) is 6.92 Å². The third kappa shape index (κ3) is 5.59. The first-order valence-corrected chi connectivity index (χ1v) is 8.24. The van der Waals surface area contributed by atoms with Crippen LogP contribution in [0.25, 0.3) is 0 Å². The molecule has 0 atom stereocenters. The molecular formula is C15H26N6O3. The van der Waals surface area contributed by atoms with Gasteiger partial charge in [0.25, 0.3) is 5.91 Å². The highest BCUT2D eigenvalue weighted by Crippen LogP contribution is 2.14. The van der Waals surface area contributed by atoms with E-state index in [-0.39, 0.29) is 17.3 Å². The van der Waals surface area contributed by atoms with E-state index in [1.807, 2.05) is 11.8 Å². The normalized spacial score (nSPS) is 14.6. The first-order valence-electron chi connectivity index (χ1n) is 8.24. The van der Waals surface area contributed by atoms with Crippen molar-refractivity contribution in [3.05, 3.63) is 11.8 Å². The number of piperazine rings is 1. The van der Waals surface area contributed by atoms with Crippen LogP contribution in [-0.2, 0) is 9.47 Å². The lowest BCUT2D eigenvalue weighted by molar-refractivity contribution is 0.0531. The number of ether oxygens (including phenoxy) is 2. The largest absolute Gasteiger partial charge is 0.383 e. The number of carbonyl (C=O) groups is 1. The number of aromatic nitrogens is 2. The number of nitrogens with zero attached hydrogens (tertiary/aromatic N) is 3. The molecule has 9 nitrogen and oxygen atoms in total. The number of amides is 1. The van der Waals surface area contributed by atoms with Gasteiger partial charge in [0.05, 0.1) is 25.4 Å². The Labute approximate surface area is 141 Å². The number of nitrogen functional groups attached to an aromatic ring is 1. The maximum atomic E-state index is 12.1. The van der Waals surface area contributed by atoms with Crippen LogP contribution in [0.4, 0.5) is 11.8 Å². The Kier molecular flexibility index (Phi) is 7.66. The van der Waals surface area contributed by atoms with Crippen molar-refractivity contribution < 1.29 is 14.3 Å². The molecule has 0 spiro atoms. The Hall–Kier alpha value is -1.97. The van der Waals surface area contributed by atoms with E-state index in [4.69, 9.17) is 15.2 Å². The molecule has 0 saturated carbocycles. The van der Waals surface area contributed by atoms with Crippen LogP contribution in [-0.4, -0.2) is 75.0 Å². The van der Waals surface area contributed by atoms with Crippen LogP contribution in [0.5, 0.6) is 0 Å². The van der Waals surface area contributed by atoms with E-state index >= 15 is 0 Å². The zero-order valence-corrected chi connectivity index (χ0v) is 14.1. The van der Waals surface area contributed by atoms with Crippen LogP contribution in [0.2, 0.25) is 0 Å². The quantitative estimate of drug-likeness (QED) is 0.504. The third-order valence-electron chi connectivity index (χ3n) is 3.56. The lowest BCUT2D eigenvalue weighted by atomic mass is 10.3. The molecule has 1 fully saturated rings. The summed E-state index contributed by atoms with van der Waals surface area (Å²) < 4.78 is 10.5. The lowest BCUT2D eigenvalue weighted by Crippen LogP contribution is -2.44. The van der Waals surface area contributed by atoms with Gasteiger partial charge in [-0.3, -0.25) is 4.79 Å². The Balaban J connectivity index is 1.77. The van der Waals surface area contributed by atoms with Gasteiger partial charge < -0.3 is 30.7 Å². The van der Waals surface area contributed by atoms with Crippen LogP contribution < -0.4 is 21.3 Å². The smallest absolute Gasteiger partial charge is 0.256 e. The molecule has 1 aliphatic rings. The van der Waals surface area contributed by atoms with Crippen LogP contribution in [0.3, 0.4) is 0 Å². The second kappa shape index (κ2) is 10.0. The van der Waals surface area contributed by atoms with Gasteiger partial charge in [-0.2, -0.15) is 4.98 Å². The number of nitrogens with one attached hydrogen (secondary N) is 2. The predicted octanol–water partition coefficient (Wildman–Crippen LogP) is -0.749. The average molecular weight is 338 g/mol. The van der Waals surface area contributed by atoms with Crippen molar-refractivity contribution in [3.8, 4) is 0 Å². The van der Waals surface area contributed by atoms with E-state index < -0.39 is 0 Å². The summed E-state index contributed by atoms with van der Waals surface area (Å²) in [6.45, 7) is 7.89. The molecule has 1 aliphatic heterocycles. The Morgan fingerprint density at radius 3 is 2.79 bits per heavy atom. The van der Waals surface area contributed by atoms with Gasteiger partial charge in [0, 0.05) is 45.5 Å². The fourth-order valence-electron chi connectivity index (χ4n) is 2.27. The zero-order valence-electron chi connectivity index (χ0n) is 14.1. The van der Waals surface area contributed by atoms with Gasteiger partial charge in [-0.15, -0.1) is 0 Å². The van der Waals surface area contributed by atoms with E-state index in [2.05, 4.69) is 20.6 Å². The molecule has 0 bridgehead atoms. The second-order valence-electron chi connectivity index (χ2n) is 5.27. The summed E-state index contributed by atoms with van der Waals surface area (Å²) in [5.41, 5.74) is 6.19. The highest BCUT2D eigenvalue weighted by Gasteiger charge is 2.17. The highest BCUT2D eigenvalue weighted by molar-refractivity contribution is 5.98. The maximum Gasteiger partial charge on any atom is 0.256 e. The first kappa shape index (κ1) is 18.4. The molecule has 0 radical (unpaired) electrons. The summed E-state index contributed by atoms with van der Waals surface area (Å²) in [5.74, 6) is 0.450. The van der Waals surface area contributed by atoms with Gasteiger partial charge in [0.15, 0.2) is 0 Å². The Morgan fingerprint density at radius 1 is 1.33 bits per heavy atom. The van der Waals surface area contributed by atoms with Crippen LogP contribution in [0.15, 0.2) is 6.20 Å². The number of nitrogens with two attached hydrogens (primary N) is 1. The molecule has 1 aromatic heterocycles. The molecule has 0 aliphatic carbocycles. The summed E-state index contributed by atoms with van der Waals surface area (Å²) >= 11 is 0. The molecule has 2 heterocycles. The molecule has 2 rings (SSSR count). The summed E-state index contributed by atoms with van der Waals surface area (Å²) in [6, 6.07) is 0. The van der Waals surface area contributed by atoms with Crippen molar-refractivity contribution >= 4 is 17.7 Å². The van der Waals surface area contributed by atoms with Crippen molar-refractivity contribution in [2.45, 2.75) is 6.92 Å². The van der Waals surface area contributed by atoms with E-state index in [0.717, 1.165) is 26.2 Å². The van der Waals surface area contributed by atoms with Crippen molar-refractivity contribution in [3.63, 3.8) is 0 Å². The van der Waals surface area contributed by atoms with Gasteiger partial charge in [-0.25, -0.2) is 4.98 Å². The van der Waals surface area contributed by atoms with E-state index in [1.165, 1.54) is 6.20 Å². The second-order valence-corrected chi connectivity index (χ2v) is 5.27. The van der Waals surface area contributed by atoms with Crippen molar-refractivity contribution in [2.24, 2.45) is 0 Å². The number of rotatable bonds is 9. The molecular weight excluding hydrogens is 312 g/mol. The molecule has 1 aromatic rings. The predicted molar refractivity (Wildman–Crippen MR) is 91.2 cm³/mol. The average Bonchev–Trinajstić information content (AvgIpc) is 2.61. The SMILES string of the molecule is CCOCCOCCNC(=O)c1cnc(N2CCNCC2)nc1N. The van der Waals surface area contributed by atoms with E-state index in [9.17, 15) is 4.79 Å². The molecule has 4 N–H and O–H groups in total. The van der Waals surface area contributed by atoms with Crippen LogP contribution in [0, 0.1) is 0 Å². The van der Waals surface area contributed by atoms with E-state index in [0.29, 0.717) is 38.9 Å². The number of hydrogen-bond acceptors (Lipinski definition) is 8. The minimum Gasteiger partial charge on any atom is -0.383 e. The monoisotopic (exact) mass is 338 g/mol. The summed E-state index contributed by atoms with van der Waals surface area (Å²) in [5, 5.41) is 6.00. The van der Waals surface area contributed by atoms with Crippen LogP contribution in [0.1, 0.15) is 17.3 Å². The topological polar surface area (TPSA) is 115 Å². The summed E-state index contributed by atoms with van der Waals surface area (Å²) in [7, 11) is 0. The minimum absolute atomic E-state index is 0.188. The van der Waals surface area contributed by atoms with Gasteiger partial charge in [-0.1, -0.05) is 0 Å². The van der Waals surface area contributed by atoms with E-state index in [1.54, 1.807) is 0 Å². The maximum absolute atomic E-state index is 12.1. The third-order valence-corrected chi connectivity index (χ3v) is 3.56. The van der Waals surface area contributed by atoms with Gasteiger partial charge >= 0.3 is 0 Å². The van der Waals surface area contributed by atoms with Crippen molar-refractivity contribution in [2.75, 3.05) is 69.8 Å². The van der Waals surface area contributed by atoms with Crippen molar-refractivity contribution in [1.29, 1.82) is 0 Å². The number of hydrogen-bond donors (Lipinski definition) is 3. The molecule has 0 aromatic carbocycles. The minimum atomic E-state index is -0.298. The molecule has 9 heteroatoms. The first-order chi connectivity index (χ1) is 11.7.